The Balaban J connectivity index is 2.84. The molecule has 1 fully saturated rings. The highest BCUT2D eigenvalue weighted by atomic mass is 16.4. The van der Waals surface area contributed by atoms with E-state index in [9.17, 15) is 4.79 Å². The summed E-state index contributed by atoms with van der Waals surface area (Å²) in [5.74, 6) is -0.0555. The van der Waals surface area contributed by atoms with E-state index in [-0.39, 0.29) is 6.42 Å². The lowest BCUT2D eigenvalue weighted by Gasteiger charge is -2.42. The fourth-order valence-electron chi connectivity index (χ4n) is 3.05. The molecule has 2 nitrogen and oxygen atoms in total. The van der Waals surface area contributed by atoms with Gasteiger partial charge in [0.05, 0.1) is 0 Å². The molecule has 1 saturated carbocycles. The quantitative estimate of drug-likeness (QED) is 0.729. The third kappa shape index (κ3) is 3.95. The molecule has 0 unspecified atom stereocenters. The summed E-state index contributed by atoms with van der Waals surface area (Å²) in [5.41, 5.74) is 4.73. The first-order valence-electron chi connectivity index (χ1n) is 7.34. The van der Waals surface area contributed by atoms with Gasteiger partial charge in [-0.2, -0.15) is 0 Å². The Kier molecular flexibility index (Phi) is 5.39. The van der Waals surface area contributed by atoms with Gasteiger partial charge >= 0.3 is 5.97 Å². The Bertz CT molecular complexity index is 397. The van der Waals surface area contributed by atoms with Gasteiger partial charge in [-0.05, 0) is 50.9 Å². The van der Waals surface area contributed by atoms with Crippen LogP contribution in [0.1, 0.15) is 66.7 Å². The van der Waals surface area contributed by atoms with E-state index in [1.807, 2.05) is 0 Å². The minimum atomic E-state index is -0.706. The summed E-state index contributed by atoms with van der Waals surface area (Å²) in [6, 6.07) is 0. The minimum Gasteiger partial charge on any atom is -0.481 e. The lowest BCUT2D eigenvalue weighted by atomic mass is 9.63. The number of aliphatic carboxylic acids is 1. The maximum Gasteiger partial charge on any atom is 0.303 e. The lowest BCUT2D eigenvalue weighted by Crippen LogP contribution is -2.30. The molecule has 0 heterocycles. The van der Waals surface area contributed by atoms with Crippen LogP contribution in [0, 0.1) is 11.3 Å². The van der Waals surface area contributed by atoms with Crippen molar-refractivity contribution in [3.8, 4) is 0 Å². The van der Waals surface area contributed by atoms with E-state index in [1.165, 1.54) is 17.6 Å². The maximum atomic E-state index is 10.6. The van der Waals surface area contributed by atoms with Crippen molar-refractivity contribution in [1.82, 2.24) is 0 Å². The molecule has 2 heteroatoms. The van der Waals surface area contributed by atoms with E-state index >= 15 is 0 Å². The van der Waals surface area contributed by atoms with Crippen LogP contribution in [-0.2, 0) is 4.79 Å². The van der Waals surface area contributed by atoms with Crippen molar-refractivity contribution < 1.29 is 9.90 Å². The maximum absolute atomic E-state index is 10.6. The molecule has 19 heavy (non-hydrogen) atoms. The monoisotopic (exact) mass is 264 g/mol. The van der Waals surface area contributed by atoms with Crippen LogP contribution >= 0.6 is 0 Å². The molecule has 1 aliphatic rings. The number of rotatable bonds is 4. The minimum absolute atomic E-state index is 0.245. The number of carboxylic acid groups (broad SMARTS) is 1. The van der Waals surface area contributed by atoms with E-state index in [2.05, 4.69) is 40.7 Å². The molecule has 0 radical (unpaired) electrons. The second-order valence-corrected chi connectivity index (χ2v) is 6.52. The molecule has 1 N–H and O–H groups in total. The van der Waals surface area contributed by atoms with Crippen LogP contribution < -0.4 is 0 Å². The topological polar surface area (TPSA) is 37.3 Å². The van der Waals surface area contributed by atoms with Crippen molar-refractivity contribution in [1.29, 1.82) is 0 Å². The fourth-order valence-corrected chi connectivity index (χ4v) is 3.05. The van der Waals surface area contributed by atoms with Gasteiger partial charge in [-0.1, -0.05) is 43.6 Å². The Hall–Kier alpha value is -1.05. The molecule has 1 atom stereocenters. The first-order chi connectivity index (χ1) is 8.77. The Morgan fingerprint density at radius 2 is 2.05 bits per heavy atom. The molecule has 0 amide bonds. The molecule has 0 aromatic heterocycles. The Morgan fingerprint density at radius 3 is 2.53 bits per heavy atom. The highest BCUT2D eigenvalue weighted by Gasteiger charge is 2.36. The normalized spacial score (nSPS) is 26.0. The Labute approximate surface area is 117 Å². The van der Waals surface area contributed by atoms with Crippen molar-refractivity contribution in [2.45, 2.75) is 66.7 Å². The van der Waals surface area contributed by atoms with E-state index < -0.39 is 5.97 Å². The predicted molar refractivity (Wildman–Crippen MR) is 80.1 cm³/mol. The molecule has 0 bridgehead atoms. The number of hydrogen-bond donors (Lipinski definition) is 1. The van der Waals surface area contributed by atoms with E-state index in [1.54, 1.807) is 5.57 Å². The van der Waals surface area contributed by atoms with Crippen molar-refractivity contribution in [3.63, 3.8) is 0 Å². The SMILES string of the molecule is CC(C)=C1C/C(=C/CCC(=O)O)CC[C@]1(C)C(C)C. The van der Waals surface area contributed by atoms with Gasteiger partial charge in [0.2, 0.25) is 0 Å². The highest BCUT2D eigenvalue weighted by molar-refractivity contribution is 5.66. The molecule has 0 aromatic carbocycles. The van der Waals surface area contributed by atoms with Crippen LogP contribution in [0.25, 0.3) is 0 Å². The Morgan fingerprint density at radius 1 is 1.42 bits per heavy atom. The van der Waals surface area contributed by atoms with E-state index in [4.69, 9.17) is 5.11 Å². The van der Waals surface area contributed by atoms with Crippen molar-refractivity contribution >= 4 is 5.97 Å². The number of allylic oxidation sites excluding steroid dienone is 4. The van der Waals surface area contributed by atoms with Crippen LogP contribution in [0.2, 0.25) is 0 Å². The van der Waals surface area contributed by atoms with Crippen LogP contribution in [0.5, 0.6) is 0 Å². The van der Waals surface area contributed by atoms with E-state index in [0.29, 0.717) is 17.8 Å². The van der Waals surface area contributed by atoms with Crippen LogP contribution in [0.15, 0.2) is 22.8 Å². The summed E-state index contributed by atoms with van der Waals surface area (Å²) < 4.78 is 0. The summed E-state index contributed by atoms with van der Waals surface area (Å²) in [6.45, 7) is 11.4. The van der Waals surface area contributed by atoms with Crippen LogP contribution in [0.4, 0.5) is 0 Å². The van der Waals surface area contributed by atoms with Crippen LogP contribution in [0.3, 0.4) is 0 Å². The molecule has 0 spiro atoms. The highest BCUT2D eigenvalue weighted by Crippen LogP contribution is 2.49. The zero-order valence-electron chi connectivity index (χ0n) is 13.0. The third-order valence-electron chi connectivity index (χ3n) is 4.73. The average Bonchev–Trinajstić information content (AvgIpc) is 2.30. The van der Waals surface area contributed by atoms with Crippen molar-refractivity contribution in [3.05, 3.63) is 22.8 Å². The summed E-state index contributed by atoms with van der Waals surface area (Å²) in [7, 11) is 0. The molecular formula is C17H28O2. The van der Waals surface area contributed by atoms with Gasteiger partial charge in [0.25, 0.3) is 0 Å². The molecule has 108 valence electrons. The van der Waals surface area contributed by atoms with Gasteiger partial charge < -0.3 is 5.11 Å². The fraction of sp³-hybridized carbons (Fsp3) is 0.706. The predicted octanol–water partition coefficient (Wildman–Crippen LogP) is 4.96. The van der Waals surface area contributed by atoms with Crippen molar-refractivity contribution in [2.24, 2.45) is 11.3 Å². The molecule has 0 aliphatic heterocycles. The summed E-state index contributed by atoms with van der Waals surface area (Å²) in [4.78, 5) is 10.6. The summed E-state index contributed by atoms with van der Waals surface area (Å²) >= 11 is 0. The van der Waals surface area contributed by atoms with E-state index in [0.717, 1.165) is 12.8 Å². The molecular weight excluding hydrogens is 236 g/mol. The summed E-state index contributed by atoms with van der Waals surface area (Å²) in [5, 5.41) is 8.70. The molecule has 1 aliphatic carbocycles. The first kappa shape index (κ1) is 16.0. The smallest absolute Gasteiger partial charge is 0.303 e. The second kappa shape index (κ2) is 6.40. The molecule has 0 aromatic rings. The largest absolute Gasteiger partial charge is 0.481 e. The van der Waals surface area contributed by atoms with Crippen LogP contribution in [-0.4, -0.2) is 11.1 Å². The zero-order chi connectivity index (χ0) is 14.6. The number of carbonyl (C=O) groups is 1. The van der Waals surface area contributed by atoms with Gasteiger partial charge in [0.15, 0.2) is 0 Å². The summed E-state index contributed by atoms with van der Waals surface area (Å²) in [6.07, 6.45) is 6.40. The van der Waals surface area contributed by atoms with Gasteiger partial charge in [-0.15, -0.1) is 0 Å². The number of carboxylic acids is 1. The average molecular weight is 264 g/mol. The molecule has 0 saturated heterocycles. The van der Waals surface area contributed by atoms with Gasteiger partial charge in [-0.3, -0.25) is 4.79 Å². The number of hydrogen-bond acceptors (Lipinski definition) is 1. The van der Waals surface area contributed by atoms with Gasteiger partial charge in [-0.25, -0.2) is 0 Å². The molecule has 1 rings (SSSR count). The first-order valence-corrected chi connectivity index (χ1v) is 7.34. The zero-order valence-corrected chi connectivity index (χ0v) is 13.0. The lowest BCUT2D eigenvalue weighted by molar-refractivity contribution is -0.136. The standard InChI is InChI=1S/C17H28O2/c1-12(2)15-11-14(7-6-8-16(18)19)9-10-17(15,5)13(3)4/h7,13H,6,8-11H2,1-5H3,(H,18,19)/b14-7+/t17-/m1/s1. The van der Waals surface area contributed by atoms with Gasteiger partial charge in [0.1, 0.15) is 0 Å². The second-order valence-electron chi connectivity index (χ2n) is 6.52. The van der Waals surface area contributed by atoms with Crippen molar-refractivity contribution in [2.75, 3.05) is 0 Å². The third-order valence-corrected chi connectivity index (χ3v) is 4.73. The van der Waals surface area contributed by atoms with Gasteiger partial charge in [0, 0.05) is 6.42 Å².